The van der Waals surface area contributed by atoms with Crippen molar-refractivity contribution in [1.82, 2.24) is 10.6 Å². The lowest BCUT2D eigenvalue weighted by atomic mass is 10.2. The molecule has 0 aromatic carbocycles. The van der Waals surface area contributed by atoms with Crippen LogP contribution in [0.3, 0.4) is 0 Å². The fourth-order valence-electron chi connectivity index (χ4n) is 1.47. The number of rotatable bonds is 5. The largest absolute Gasteiger partial charge is 0.392 e. The van der Waals surface area contributed by atoms with Crippen molar-refractivity contribution in [3.05, 3.63) is 0 Å². The maximum absolute atomic E-state index is 11.3. The molecule has 5 heteroatoms. The highest BCUT2D eigenvalue weighted by molar-refractivity contribution is 8.00. The second kappa shape index (κ2) is 7.09. The number of carbonyl (C=O) groups is 1. The van der Waals surface area contributed by atoms with Crippen LogP contribution in [-0.4, -0.2) is 47.8 Å². The van der Waals surface area contributed by atoms with Crippen molar-refractivity contribution >= 4 is 17.7 Å². The minimum atomic E-state index is -0.460. The maximum atomic E-state index is 11.3. The molecule has 88 valence electrons. The number of aliphatic hydroxyl groups is 1. The first-order valence-corrected chi connectivity index (χ1v) is 6.50. The second-order valence-corrected chi connectivity index (χ2v) is 5.20. The van der Waals surface area contributed by atoms with Gasteiger partial charge >= 0.3 is 0 Å². The van der Waals surface area contributed by atoms with Crippen molar-refractivity contribution in [2.24, 2.45) is 0 Å². The van der Waals surface area contributed by atoms with Gasteiger partial charge in [-0.3, -0.25) is 4.79 Å². The molecule has 1 amide bonds. The fourth-order valence-corrected chi connectivity index (χ4v) is 2.53. The summed E-state index contributed by atoms with van der Waals surface area (Å²) in [6.07, 6.45) is 1.83. The number of nitrogens with one attached hydrogen (secondary N) is 2. The lowest BCUT2D eigenvalue weighted by molar-refractivity contribution is -0.118. The monoisotopic (exact) mass is 232 g/mol. The third-order valence-electron chi connectivity index (χ3n) is 2.33. The van der Waals surface area contributed by atoms with Crippen molar-refractivity contribution in [2.75, 3.05) is 25.4 Å². The van der Waals surface area contributed by atoms with Crippen LogP contribution in [0, 0.1) is 0 Å². The van der Waals surface area contributed by atoms with E-state index in [4.69, 9.17) is 5.11 Å². The van der Waals surface area contributed by atoms with Gasteiger partial charge in [0.25, 0.3) is 0 Å². The molecule has 0 unspecified atom stereocenters. The molecule has 15 heavy (non-hydrogen) atoms. The smallest absolute Gasteiger partial charge is 0.230 e. The first-order chi connectivity index (χ1) is 7.18. The number of hydrogen-bond donors (Lipinski definition) is 3. The Balaban J connectivity index is 2.05. The third-order valence-corrected chi connectivity index (χ3v) is 3.70. The van der Waals surface area contributed by atoms with Crippen molar-refractivity contribution < 1.29 is 9.90 Å². The van der Waals surface area contributed by atoms with E-state index >= 15 is 0 Å². The summed E-state index contributed by atoms with van der Waals surface area (Å²) in [5, 5.41) is 15.6. The van der Waals surface area contributed by atoms with Gasteiger partial charge < -0.3 is 15.7 Å². The second-order valence-electron chi connectivity index (χ2n) is 3.91. The standard InChI is InChI=1S/C10H20N2O2S/c1-8(13)6-12-10(14)7-15-9-2-4-11-5-3-9/h8-9,11,13H,2-7H2,1H3,(H,12,14)/t8-/m1/s1. The van der Waals surface area contributed by atoms with E-state index in [0.717, 1.165) is 25.9 Å². The summed E-state index contributed by atoms with van der Waals surface area (Å²) in [5.41, 5.74) is 0. The number of hydrogen-bond acceptors (Lipinski definition) is 4. The average molecular weight is 232 g/mol. The Hall–Kier alpha value is -0.260. The Labute approximate surface area is 95.2 Å². The van der Waals surface area contributed by atoms with E-state index < -0.39 is 6.10 Å². The molecule has 1 fully saturated rings. The van der Waals surface area contributed by atoms with Gasteiger partial charge in [-0.25, -0.2) is 0 Å². The van der Waals surface area contributed by atoms with Crippen molar-refractivity contribution in [2.45, 2.75) is 31.1 Å². The van der Waals surface area contributed by atoms with Gasteiger partial charge in [0, 0.05) is 11.8 Å². The van der Waals surface area contributed by atoms with E-state index in [9.17, 15) is 4.79 Å². The third kappa shape index (κ3) is 6.02. The van der Waals surface area contributed by atoms with E-state index in [1.807, 2.05) is 0 Å². The van der Waals surface area contributed by atoms with Crippen molar-refractivity contribution in [3.63, 3.8) is 0 Å². The summed E-state index contributed by atoms with van der Waals surface area (Å²) in [5.74, 6) is 0.539. The molecule has 4 nitrogen and oxygen atoms in total. The van der Waals surface area contributed by atoms with Crippen LogP contribution in [0.15, 0.2) is 0 Å². The Morgan fingerprint density at radius 2 is 2.27 bits per heavy atom. The Kier molecular flexibility index (Phi) is 6.05. The normalized spacial score (nSPS) is 19.9. The lowest BCUT2D eigenvalue weighted by Crippen LogP contribution is -2.33. The van der Waals surface area contributed by atoms with Crippen LogP contribution in [0.4, 0.5) is 0 Å². The predicted molar refractivity (Wildman–Crippen MR) is 63.0 cm³/mol. The molecule has 0 aromatic heterocycles. The first-order valence-electron chi connectivity index (χ1n) is 5.45. The van der Waals surface area contributed by atoms with E-state index in [2.05, 4.69) is 10.6 Å². The molecule has 3 N–H and O–H groups in total. The van der Waals surface area contributed by atoms with Crippen LogP contribution in [0.1, 0.15) is 19.8 Å². The van der Waals surface area contributed by atoms with Crippen LogP contribution in [-0.2, 0) is 4.79 Å². The van der Waals surface area contributed by atoms with Crippen molar-refractivity contribution in [1.29, 1.82) is 0 Å². The predicted octanol–water partition coefficient (Wildman–Crippen LogP) is -0.0314. The van der Waals surface area contributed by atoms with Gasteiger partial charge in [0.05, 0.1) is 11.9 Å². The summed E-state index contributed by atoms with van der Waals surface area (Å²) < 4.78 is 0. The highest BCUT2D eigenvalue weighted by Gasteiger charge is 2.14. The van der Waals surface area contributed by atoms with Gasteiger partial charge in [0.2, 0.25) is 5.91 Å². The highest BCUT2D eigenvalue weighted by atomic mass is 32.2. The average Bonchev–Trinajstić information content (AvgIpc) is 2.25. The Bertz CT molecular complexity index is 194. The van der Waals surface area contributed by atoms with Crippen LogP contribution >= 0.6 is 11.8 Å². The van der Waals surface area contributed by atoms with E-state index in [-0.39, 0.29) is 5.91 Å². The number of piperidine rings is 1. The molecule has 0 aromatic rings. The summed E-state index contributed by atoms with van der Waals surface area (Å²) >= 11 is 1.72. The topological polar surface area (TPSA) is 61.4 Å². The van der Waals surface area contributed by atoms with Gasteiger partial charge in [-0.1, -0.05) is 0 Å². The zero-order valence-corrected chi connectivity index (χ0v) is 9.98. The van der Waals surface area contributed by atoms with Crippen LogP contribution < -0.4 is 10.6 Å². The Morgan fingerprint density at radius 3 is 2.87 bits per heavy atom. The molecule has 1 aliphatic heterocycles. The molecular formula is C10H20N2O2S. The Morgan fingerprint density at radius 1 is 1.60 bits per heavy atom. The molecule has 0 spiro atoms. The zero-order chi connectivity index (χ0) is 11.1. The van der Waals surface area contributed by atoms with Crippen LogP contribution in [0.2, 0.25) is 0 Å². The van der Waals surface area contributed by atoms with E-state index in [1.165, 1.54) is 0 Å². The number of aliphatic hydroxyl groups excluding tert-OH is 1. The molecule has 1 rings (SSSR count). The molecule has 0 saturated carbocycles. The first kappa shape index (κ1) is 12.8. The molecule has 1 aliphatic rings. The van der Waals surface area contributed by atoms with E-state index in [1.54, 1.807) is 18.7 Å². The number of thioether (sulfide) groups is 1. The van der Waals surface area contributed by atoms with Crippen LogP contribution in [0.5, 0.6) is 0 Å². The molecule has 1 saturated heterocycles. The molecule has 1 heterocycles. The van der Waals surface area contributed by atoms with Gasteiger partial charge in [-0.05, 0) is 32.9 Å². The van der Waals surface area contributed by atoms with E-state index in [0.29, 0.717) is 17.5 Å². The lowest BCUT2D eigenvalue weighted by Gasteiger charge is -2.21. The van der Waals surface area contributed by atoms with Crippen LogP contribution in [0.25, 0.3) is 0 Å². The molecule has 0 bridgehead atoms. The summed E-state index contributed by atoms with van der Waals surface area (Å²) in [7, 11) is 0. The summed E-state index contributed by atoms with van der Waals surface area (Å²) in [4.78, 5) is 11.3. The zero-order valence-electron chi connectivity index (χ0n) is 9.16. The molecule has 0 radical (unpaired) electrons. The van der Waals surface area contributed by atoms with Gasteiger partial charge in [-0.15, -0.1) is 11.8 Å². The SMILES string of the molecule is C[C@@H](O)CNC(=O)CSC1CCNCC1. The molecule has 0 aliphatic carbocycles. The minimum absolute atomic E-state index is 0.0273. The maximum Gasteiger partial charge on any atom is 0.230 e. The highest BCUT2D eigenvalue weighted by Crippen LogP contribution is 2.19. The summed E-state index contributed by atoms with van der Waals surface area (Å²) in [6, 6.07) is 0. The number of carbonyl (C=O) groups excluding carboxylic acids is 1. The van der Waals surface area contributed by atoms with Gasteiger partial charge in [0.1, 0.15) is 0 Å². The number of amides is 1. The quantitative estimate of drug-likeness (QED) is 0.623. The minimum Gasteiger partial charge on any atom is -0.392 e. The van der Waals surface area contributed by atoms with Gasteiger partial charge in [-0.2, -0.15) is 0 Å². The summed E-state index contributed by atoms with van der Waals surface area (Å²) in [6.45, 7) is 4.14. The van der Waals surface area contributed by atoms with Crippen molar-refractivity contribution in [3.8, 4) is 0 Å². The van der Waals surface area contributed by atoms with Gasteiger partial charge in [0.15, 0.2) is 0 Å². The molecular weight excluding hydrogens is 212 g/mol. The molecule has 1 atom stereocenters. The fraction of sp³-hybridized carbons (Fsp3) is 0.900.